The molecule has 0 atom stereocenters. The van der Waals surface area contributed by atoms with E-state index in [1.807, 2.05) is 35.6 Å². The molecular formula is C19H25FN4O. The minimum atomic E-state index is -0.209. The predicted octanol–water partition coefficient (Wildman–Crippen LogP) is 2.70. The molecule has 1 amide bonds. The number of nitrogens with zero attached hydrogens (tertiary/aromatic N) is 4. The molecule has 6 heteroatoms. The Bertz CT molecular complexity index is 726. The van der Waals surface area contributed by atoms with Gasteiger partial charge in [0, 0.05) is 45.0 Å². The SMILES string of the molecule is CCn1ncc(C(=O)N2CCCN(Cc3ccc(F)cc3)CC2)c1C. The maximum Gasteiger partial charge on any atom is 0.257 e. The van der Waals surface area contributed by atoms with Gasteiger partial charge in [0.1, 0.15) is 5.82 Å². The van der Waals surface area contributed by atoms with Crippen LogP contribution in [0.15, 0.2) is 30.5 Å². The van der Waals surface area contributed by atoms with Crippen molar-refractivity contribution in [1.29, 1.82) is 0 Å². The van der Waals surface area contributed by atoms with Gasteiger partial charge in [-0.3, -0.25) is 14.4 Å². The molecule has 1 aromatic carbocycles. The van der Waals surface area contributed by atoms with Crippen molar-refractivity contribution in [1.82, 2.24) is 19.6 Å². The first kappa shape index (κ1) is 17.6. The van der Waals surface area contributed by atoms with Crippen LogP contribution in [0.25, 0.3) is 0 Å². The Morgan fingerprint density at radius 3 is 2.60 bits per heavy atom. The van der Waals surface area contributed by atoms with Gasteiger partial charge in [-0.2, -0.15) is 5.10 Å². The number of halogens is 1. The summed E-state index contributed by atoms with van der Waals surface area (Å²) in [6.07, 6.45) is 2.62. The van der Waals surface area contributed by atoms with Crippen molar-refractivity contribution < 1.29 is 9.18 Å². The number of amides is 1. The molecule has 0 radical (unpaired) electrons. The molecule has 5 nitrogen and oxygen atoms in total. The molecule has 0 unspecified atom stereocenters. The summed E-state index contributed by atoms with van der Waals surface area (Å²) in [7, 11) is 0. The van der Waals surface area contributed by atoms with Gasteiger partial charge in [0.05, 0.1) is 11.8 Å². The van der Waals surface area contributed by atoms with Crippen molar-refractivity contribution in [2.24, 2.45) is 0 Å². The van der Waals surface area contributed by atoms with E-state index in [4.69, 9.17) is 0 Å². The van der Waals surface area contributed by atoms with Gasteiger partial charge in [-0.15, -0.1) is 0 Å². The quantitative estimate of drug-likeness (QED) is 0.856. The monoisotopic (exact) mass is 344 g/mol. The van der Waals surface area contributed by atoms with Gasteiger partial charge in [0.15, 0.2) is 0 Å². The third kappa shape index (κ3) is 4.07. The zero-order chi connectivity index (χ0) is 17.8. The van der Waals surface area contributed by atoms with Crippen molar-refractivity contribution >= 4 is 5.91 Å². The first-order chi connectivity index (χ1) is 12.1. The minimum absolute atomic E-state index is 0.0702. The molecule has 1 saturated heterocycles. The summed E-state index contributed by atoms with van der Waals surface area (Å²) in [5, 5.41) is 4.28. The Hall–Kier alpha value is -2.21. The lowest BCUT2D eigenvalue weighted by Gasteiger charge is -2.22. The number of carbonyl (C=O) groups excluding carboxylic acids is 1. The van der Waals surface area contributed by atoms with E-state index >= 15 is 0 Å². The Morgan fingerprint density at radius 1 is 1.16 bits per heavy atom. The van der Waals surface area contributed by atoms with E-state index in [1.165, 1.54) is 12.1 Å². The van der Waals surface area contributed by atoms with E-state index in [0.29, 0.717) is 12.1 Å². The van der Waals surface area contributed by atoms with Crippen LogP contribution in [0.4, 0.5) is 4.39 Å². The third-order valence-corrected chi connectivity index (χ3v) is 4.83. The fourth-order valence-electron chi connectivity index (χ4n) is 3.33. The maximum absolute atomic E-state index is 13.0. The molecular weight excluding hydrogens is 319 g/mol. The lowest BCUT2D eigenvalue weighted by Crippen LogP contribution is -2.35. The second kappa shape index (κ2) is 7.78. The lowest BCUT2D eigenvalue weighted by atomic mass is 10.2. The van der Waals surface area contributed by atoms with Crippen molar-refractivity contribution in [3.63, 3.8) is 0 Å². The van der Waals surface area contributed by atoms with Crippen molar-refractivity contribution in [2.45, 2.75) is 33.4 Å². The molecule has 1 aliphatic rings. The summed E-state index contributed by atoms with van der Waals surface area (Å²) in [4.78, 5) is 17.1. The van der Waals surface area contributed by atoms with E-state index in [1.54, 1.807) is 6.20 Å². The maximum atomic E-state index is 13.0. The van der Waals surface area contributed by atoms with Gasteiger partial charge in [0.2, 0.25) is 0 Å². The van der Waals surface area contributed by atoms with Crippen LogP contribution < -0.4 is 0 Å². The zero-order valence-corrected chi connectivity index (χ0v) is 14.9. The summed E-state index contributed by atoms with van der Waals surface area (Å²) in [6.45, 7) is 8.75. The molecule has 2 heterocycles. The van der Waals surface area contributed by atoms with E-state index in [9.17, 15) is 9.18 Å². The number of carbonyl (C=O) groups is 1. The number of hydrogen-bond acceptors (Lipinski definition) is 3. The fourth-order valence-corrected chi connectivity index (χ4v) is 3.33. The van der Waals surface area contributed by atoms with Crippen LogP contribution in [-0.4, -0.2) is 51.7 Å². The molecule has 0 bridgehead atoms. The highest BCUT2D eigenvalue weighted by molar-refractivity contribution is 5.95. The molecule has 0 aliphatic carbocycles. The van der Waals surface area contributed by atoms with E-state index < -0.39 is 0 Å². The van der Waals surface area contributed by atoms with Crippen LogP contribution >= 0.6 is 0 Å². The fraction of sp³-hybridized carbons (Fsp3) is 0.474. The average Bonchev–Trinajstić information content (AvgIpc) is 2.83. The normalized spacial score (nSPS) is 16.0. The number of benzene rings is 1. The highest BCUT2D eigenvalue weighted by Crippen LogP contribution is 2.14. The molecule has 1 aliphatic heterocycles. The molecule has 1 aromatic heterocycles. The van der Waals surface area contributed by atoms with Crippen LogP contribution in [-0.2, 0) is 13.1 Å². The van der Waals surface area contributed by atoms with Gasteiger partial charge in [0.25, 0.3) is 5.91 Å². The predicted molar refractivity (Wildman–Crippen MR) is 94.8 cm³/mol. The number of aromatic nitrogens is 2. The Balaban J connectivity index is 1.61. The van der Waals surface area contributed by atoms with Gasteiger partial charge in [-0.05, 0) is 38.0 Å². The lowest BCUT2D eigenvalue weighted by molar-refractivity contribution is 0.0760. The topological polar surface area (TPSA) is 41.4 Å². The summed E-state index contributed by atoms with van der Waals surface area (Å²) < 4.78 is 14.9. The third-order valence-electron chi connectivity index (χ3n) is 4.83. The van der Waals surface area contributed by atoms with Crippen LogP contribution in [0, 0.1) is 12.7 Å². The highest BCUT2D eigenvalue weighted by atomic mass is 19.1. The molecule has 1 fully saturated rings. The molecule has 25 heavy (non-hydrogen) atoms. The number of hydrogen-bond donors (Lipinski definition) is 0. The smallest absolute Gasteiger partial charge is 0.257 e. The van der Waals surface area contributed by atoms with Crippen LogP contribution in [0.1, 0.15) is 35.0 Å². The minimum Gasteiger partial charge on any atom is -0.337 e. The first-order valence-electron chi connectivity index (χ1n) is 8.87. The van der Waals surface area contributed by atoms with Crippen LogP contribution in [0.5, 0.6) is 0 Å². The van der Waals surface area contributed by atoms with Crippen molar-refractivity contribution in [3.8, 4) is 0 Å². The van der Waals surface area contributed by atoms with Gasteiger partial charge < -0.3 is 4.90 Å². The summed E-state index contributed by atoms with van der Waals surface area (Å²) >= 11 is 0. The van der Waals surface area contributed by atoms with Crippen LogP contribution in [0.3, 0.4) is 0 Å². The van der Waals surface area contributed by atoms with Gasteiger partial charge >= 0.3 is 0 Å². The van der Waals surface area contributed by atoms with Crippen molar-refractivity contribution in [2.75, 3.05) is 26.2 Å². The Morgan fingerprint density at radius 2 is 1.92 bits per heavy atom. The first-order valence-corrected chi connectivity index (χ1v) is 8.87. The summed E-state index contributed by atoms with van der Waals surface area (Å²) in [5.41, 5.74) is 2.73. The number of rotatable bonds is 4. The molecule has 0 saturated carbocycles. The molecule has 0 spiro atoms. The Labute approximate surface area is 148 Å². The number of aryl methyl sites for hydroxylation is 1. The molecule has 2 aromatic rings. The molecule has 0 N–H and O–H groups in total. The van der Waals surface area contributed by atoms with Gasteiger partial charge in [-0.25, -0.2) is 4.39 Å². The zero-order valence-electron chi connectivity index (χ0n) is 14.9. The standard InChI is InChI=1S/C19H25FN4O/c1-3-24-15(2)18(13-21-24)19(25)23-10-4-9-22(11-12-23)14-16-5-7-17(20)8-6-16/h5-8,13H,3-4,9-12,14H2,1-2H3. The van der Waals surface area contributed by atoms with Crippen molar-refractivity contribution in [3.05, 3.63) is 53.1 Å². The second-order valence-electron chi connectivity index (χ2n) is 6.51. The average molecular weight is 344 g/mol. The summed E-state index contributed by atoms with van der Waals surface area (Å²) in [5.74, 6) is -0.139. The Kier molecular flexibility index (Phi) is 5.48. The summed E-state index contributed by atoms with van der Waals surface area (Å²) in [6, 6.07) is 6.64. The van der Waals surface area contributed by atoms with Gasteiger partial charge in [-0.1, -0.05) is 12.1 Å². The van der Waals surface area contributed by atoms with Crippen LogP contribution in [0.2, 0.25) is 0 Å². The second-order valence-corrected chi connectivity index (χ2v) is 6.51. The van der Waals surface area contributed by atoms with E-state index in [-0.39, 0.29) is 11.7 Å². The van der Waals surface area contributed by atoms with E-state index in [2.05, 4.69) is 10.00 Å². The highest BCUT2D eigenvalue weighted by Gasteiger charge is 2.23. The molecule has 3 rings (SSSR count). The largest absolute Gasteiger partial charge is 0.337 e. The van der Waals surface area contributed by atoms with E-state index in [0.717, 1.165) is 50.4 Å². The molecule has 134 valence electrons.